The second kappa shape index (κ2) is 6.78. The van der Waals surface area contributed by atoms with Gasteiger partial charge in [0.2, 0.25) is 0 Å². The highest BCUT2D eigenvalue weighted by Gasteiger charge is 2.19. The second-order valence-corrected chi connectivity index (χ2v) is 4.38. The van der Waals surface area contributed by atoms with Gasteiger partial charge in [-0.15, -0.1) is 0 Å². The van der Waals surface area contributed by atoms with Crippen molar-refractivity contribution in [2.75, 3.05) is 25.9 Å². The Hall–Kier alpha value is -2.04. The molecule has 5 heteroatoms. The monoisotopic (exact) mass is 264 g/mol. The molecule has 1 aromatic rings. The highest BCUT2D eigenvalue weighted by molar-refractivity contribution is 5.97. The van der Waals surface area contributed by atoms with Gasteiger partial charge in [-0.2, -0.15) is 0 Å². The van der Waals surface area contributed by atoms with E-state index in [9.17, 15) is 9.59 Å². The number of nitrogens with zero attached hydrogens (tertiary/aromatic N) is 1. The Kier molecular flexibility index (Phi) is 5.36. The lowest BCUT2D eigenvalue weighted by atomic mass is 10.1. The van der Waals surface area contributed by atoms with E-state index in [1.807, 2.05) is 13.8 Å². The molecule has 0 saturated heterocycles. The Bertz CT molecular complexity index is 472. The molecular formula is C14H20N2O3. The van der Waals surface area contributed by atoms with Gasteiger partial charge in [-0.05, 0) is 37.1 Å². The van der Waals surface area contributed by atoms with E-state index in [2.05, 4.69) is 4.74 Å². The van der Waals surface area contributed by atoms with Crippen molar-refractivity contribution in [1.29, 1.82) is 0 Å². The van der Waals surface area contributed by atoms with Gasteiger partial charge in [0.25, 0.3) is 5.91 Å². The molecule has 19 heavy (non-hydrogen) atoms. The molecule has 0 saturated carbocycles. The molecule has 0 fully saturated rings. The van der Waals surface area contributed by atoms with Crippen LogP contribution in [0, 0.1) is 6.92 Å². The molecule has 0 bridgehead atoms. The summed E-state index contributed by atoms with van der Waals surface area (Å²) in [6.45, 7) is 4.25. The van der Waals surface area contributed by atoms with Crippen molar-refractivity contribution in [1.82, 2.24) is 4.90 Å². The van der Waals surface area contributed by atoms with Crippen molar-refractivity contribution in [3.63, 3.8) is 0 Å². The predicted octanol–water partition coefficient (Wildman–Crippen LogP) is 1.60. The average molecular weight is 264 g/mol. The van der Waals surface area contributed by atoms with Crippen molar-refractivity contribution in [2.45, 2.75) is 20.3 Å². The molecule has 0 spiro atoms. The molecular weight excluding hydrogens is 244 g/mol. The fourth-order valence-corrected chi connectivity index (χ4v) is 1.84. The van der Waals surface area contributed by atoms with E-state index in [0.717, 1.165) is 12.0 Å². The molecule has 104 valence electrons. The lowest BCUT2D eigenvalue weighted by Crippen LogP contribution is -2.37. The molecule has 0 aliphatic heterocycles. The van der Waals surface area contributed by atoms with Crippen LogP contribution in [-0.2, 0) is 9.53 Å². The lowest BCUT2D eigenvalue weighted by Gasteiger charge is -2.21. The first-order valence-electron chi connectivity index (χ1n) is 6.21. The Morgan fingerprint density at radius 1 is 1.37 bits per heavy atom. The van der Waals surface area contributed by atoms with Crippen LogP contribution in [0.1, 0.15) is 29.3 Å². The van der Waals surface area contributed by atoms with Crippen LogP contribution < -0.4 is 5.73 Å². The number of carbonyl (C=O) groups excluding carboxylic acids is 2. The first-order chi connectivity index (χ1) is 8.99. The highest BCUT2D eigenvalue weighted by Crippen LogP contribution is 2.15. The van der Waals surface area contributed by atoms with Gasteiger partial charge in [0.15, 0.2) is 0 Å². The predicted molar refractivity (Wildman–Crippen MR) is 73.8 cm³/mol. The first-order valence-corrected chi connectivity index (χ1v) is 6.21. The maximum Gasteiger partial charge on any atom is 0.325 e. The van der Waals surface area contributed by atoms with E-state index in [4.69, 9.17) is 5.73 Å². The van der Waals surface area contributed by atoms with E-state index in [0.29, 0.717) is 17.8 Å². The zero-order chi connectivity index (χ0) is 14.4. The van der Waals surface area contributed by atoms with Gasteiger partial charge in [0.1, 0.15) is 6.54 Å². The standard InChI is InChI=1S/C14H20N2O3/c1-4-7-16(9-13(17)19-3)14(18)12-6-5-11(15)8-10(12)2/h5-6,8H,4,7,9,15H2,1-3H3. The summed E-state index contributed by atoms with van der Waals surface area (Å²) in [6, 6.07) is 5.12. The largest absolute Gasteiger partial charge is 0.468 e. The smallest absolute Gasteiger partial charge is 0.325 e. The minimum absolute atomic E-state index is 0.0347. The molecule has 0 aromatic heterocycles. The number of esters is 1. The zero-order valence-corrected chi connectivity index (χ0v) is 11.6. The van der Waals surface area contributed by atoms with Crippen molar-refractivity contribution in [3.05, 3.63) is 29.3 Å². The molecule has 1 aromatic carbocycles. The quantitative estimate of drug-likeness (QED) is 0.647. The van der Waals surface area contributed by atoms with E-state index in [-0.39, 0.29) is 12.5 Å². The Labute approximate surface area is 113 Å². The maximum absolute atomic E-state index is 12.4. The van der Waals surface area contributed by atoms with Crippen molar-refractivity contribution in [3.8, 4) is 0 Å². The number of methoxy groups -OCH3 is 1. The number of aryl methyl sites for hydroxylation is 1. The third kappa shape index (κ3) is 3.98. The van der Waals surface area contributed by atoms with Crippen molar-refractivity contribution in [2.24, 2.45) is 0 Å². The number of carbonyl (C=O) groups is 2. The number of ether oxygens (including phenoxy) is 1. The van der Waals surface area contributed by atoms with E-state index in [1.165, 1.54) is 12.0 Å². The molecule has 0 aliphatic rings. The summed E-state index contributed by atoms with van der Waals surface area (Å²) in [7, 11) is 1.31. The first kappa shape index (κ1) is 15.0. The third-order valence-electron chi connectivity index (χ3n) is 2.81. The fourth-order valence-electron chi connectivity index (χ4n) is 1.84. The summed E-state index contributed by atoms with van der Waals surface area (Å²) < 4.78 is 4.61. The highest BCUT2D eigenvalue weighted by atomic mass is 16.5. The number of anilines is 1. The number of amides is 1. The minimum atomic E-state index is -0.421. The Morgan fingerprint density at radius 3 is 2.58 bits per heavy atom. The van der Waals surface area contributed by atoms with Crippen LogP contribution in [0.5, 0.6) is 0 Å². The summed E-state index contributed by atoms with van der Waals surface area (Å²) in [5.41, 5.74) is 7.64. The molecule has 0 unspecified atom stereocenters. The van der Waals surface area contributed by atoms with Crippen LogP contribution in [0.4, 0.5) is 5.69 Å². The van der Waals surface area contributed by atoms with E-state index < -0.39 is 5.97 Å². The van der Waals surface area contributed by atoms with Crippen molar-refractivity contribution < 1.29 is 14.3 Å². The van der Waals surface area contributed by atoms with Gasteiger partial charge < -0.3 is 15.4 Å². The van der Waals surface area contributed by atoms with Crippen LogP contribution in [-0.4, -0.2) is 37.0 Å². The number of rotatable bonds is 5. The molecule has 0 atom stereocenters. The molecule has 1 rings (SSSR count). The molecule has 2 N–H and O–H groups in total. The molecule has 5 nitrogen and oxygen atoms in total. The number of nitrogens with two attached hydrogens (primary N) is 1. The third-order valence-corrected chi connectivity index (χ3v) is 2.81. The molecule has 0 radical (unpaired) electrons. The summed E-state index contributed by atoms with van der Waals surface area (Å²) in [6.07, 6.45) is 0.775. The minimum Gasteiger partial charge on any atom is -0.468 e. The van der Waals surface area contributed by atoms with Crippen molar-refractivity contribution >= 4 is 17.6 Å². The number of hydrogen-bond acceptors (Lipinski definition) is 4. The summed E-state index contributed by atoms with van der Waals surface area (Å²) >= 11 is 0. The number of nitrogen functional groups attached to an aromatic ring is 1. The van der Waals surface area contributed by atoms with Gasteiger partial charge in [-0.1, -0.05) is 6.92 Å². The van der Waals surface area contributed by atoms with Gasteiger partial charge in [-0.3, -0.25) is 9.59 Å². The normalized spacial score (nSPS) is 10.1. The Morgan fingerprint density at radius 2 is 2.05 bits per heavy atom. The van der Waals surface area contributed by atoms with Crippen LogP contribution in [0.15, 0.2) is 18.2 Å². The van der Waals surface area contributed by atoms with Gasteiger partial charge in [0, 0.05) is 17.8 Å². The molecule has 0 aliphatic carbocycles. The lowest BCUT2D eigenvalue weighted by molar-refractivity contribution is -0.141. The van der Waals surface area contributed by atoms with Crippen LogP contribution in [0.3, 0.4) is 0 Å². The van der Waals surface area contributed by atoms with Gasteiger partial charge >= 0.3 is 5.97 Å². The molecule has 1 amide bonds. The SMILES string of the molecule is CCCN(CC(=O)OC)C(=O)c1ccc(N)cc1C. The van der Waals surface area contributed by atoms with Gasteiger partial charge in [-0.25, -0.2) is 0 Å². The topological polar surface area (TPSA) is 72.6 Å². The van der Waals surface area contributed by atoms with Gasteiger partial charge in [0.05, 0.1) is 7.11 Å². The van der Waals surface area contributed by atoms with Crippen LogP contribution in [0.2, 0.25) is 0 Å². The fraction of sp³-hybridized carbons (Fsp3) is 0.429. The van der Waals surface area contributed by atoms with Crippen LogP contribution >= 0.6 is 0 Å². The second-order valence-electron chi connectivity index (χ2n) is 4.38. The Balaban J connectivity index is 2.95. The van der Waals surface area contributed by atoms with E-state index in [1.54, 1.807) is 18.2 Å². The average Bonchev–Trinajstić information content (AvgIpc) is 2.37. The maximum atomic E-state index is 12.4. The zero-order valence-electron chi connectivity index (χ0n) is 11.6. The summed E-state index contributed by atoms with van der Waals surface area (Å²) in [4.78, 5) is 25.2. The summed E-state index contributed by atoms with van der Waals surface area (Å²) in [5.74, 6) is -0.598. The summed E-state index contributed by atoms with van der Waals surface area (Å²) in [5, 5.41) is 0. The van der Waals surface area contributed by atoms with E-state index >= 15 is 0 Å². The number of hydrogen-bond donors (Lipinski definition) is 1. The van der Waals surface area contributed by atoms with Crippen LogP contribution in [0.25, 0.3) is 0 Å². The molecule has 0 heterocycles. The number of benzene rings is 1.